The number of halogens is 1. The molecule has 0 aliphatic carbocycles. The van der Waals surface area contributed by atoms with Crippen LogP contribution in [0.1, 0.15) is 5.56 Å². The highest BCUT2D eigenvalue weighted by molar-refractivity contribution is 9.10. The van der Waals surface area contributed by atoms with E-state index >= 15 is 0 Å². The number of aromatic nitrogens is 1. The Morgan fingerprint density at radius 1 is 1.41 bits per heavy atom. The van der Waals surface area contributed by atoms with Crippen LogP contribution in [-0.4, -0.2) is 22.8 Å². The molecule has 0 aliphatic rings. The van der Waals surface area contributed by atoms with Gasteiger partial charge in [0.25, 0.3) is 0 Å². The standard InChI is InChI=1S/C11H9BrN2O2S/c1-17-11-9(6-13-15)10(16-14-11)7-2-4-8(12)5-3-7/h2-6,15H,1H3/b13-6+. The maximum atomic E-state index is 8.66. The zero-order chi connectivity index (χ0) is 12.3. The molecule has 0 saturated carbocycles. The van der Waals surface area contributed by atoms with Gasteiger partial charge in [0.1, 0.15) is 5.03 Å². The molecule has 0 aliphatic heterocycles. The average Bonchev–Trinajstić information content (AvgIpc) is 2.74. The molecule has 17 heavy (non-hydrogen) atoms. The molecule has 0 spiro atoms. The molecule has 1 heterocycles. The molecule has 1 aromatic heterocycles. The fourth-order valence-corrected chi connectivity index (χ4v) is 2.15. The Bertz CT molecular complexity index is 537. The zero-order valence-corrected chi connectivity index (χ0v) is 11.3. The van der Waals surface area contributed by atoms with E-state index in [9.17, 15) is 0 Å². The van der Waals surface area contributed by atoms with E-state index < -0.39 is 0 Å². The third-order valence-electron chi connectivity index (χ3n) is 2.18. The van der Waals surface area contributed by atoms with Gasteiger partial charge in [-0.05, 0) is 30.5 Å². The molecule has 6 heteroatoms. The lowest BCUT2D eigenvalue weighted by Crippen LogP contribution is -1.85. The van der Waals surface area contributed by atoms with Crippen LogP contribution >= 0.6 is 27.7 Å². The molecule has 2 rings (SSSR count). The molecule has 0 radical (unpaired) electrons. The van der Waals surface area contributed by atoms with Crippen molar-refractivity contribution in [3.63, 3.8) is 0 Å². The number of oxime groups is 1. The predicted octanol–water partition coefficient (Wildman–Crippen LogP) is 3.63. The Kier molecular flexibility index (Phi) is 3.86. The predicted molar refractivity (Wildman–Crippen MR) is 70.8 cm³/mol. The first-order chi connectivity index (χ1) is 8.26. The molecule has 0 fully saturated rings. The van der Waals surface area contributed by atoms with E-state index in [4.69, 9.17) is 9.73 Å². The molecule has 4 nitrogen and oxygen atoms in total. The summed E-state index contributed by atoms with van der Waals surface area (Å²) in [5.41, 5.74) is 1.57. The van der Waals surface area contributed by atoms with Gasteiger partial charge in [-0.3, -0.25) is 0 Å². The van der Waals surface area contributed by atoms with E-state index in [1.807, 2.05) is 30.5 Å². The van der Waals surface area contributed by atoms with Crippen molar-refractivity contribution in [2.75, 3.05) is 6.26 Å². The highest BCUT2D eigenvalue weighted by atomic mass is 79.9. The van der Waals surface area contributed by atoms with Crippen LogP contribution in [0.2, 0.25) is 0 Å². The van der Waals surface area contributed by atoms with Crippen LogP contribution in [0.15, 0.2) is 43.4 Å². The van der Waals surface area contributed by atoms with Gasteiger partial charge in [0.05, 0.1) is 11.8 Å². The maximum Gasteiger partial charge on any atom is 0.176 e. The fourth-order valence-electron chi connectivity index (χ4n) is 1.41. The van der Waals surface area contributed by atoms with E-state index in [0.29, 0.717) is 16.3 Å². The Morgan fingerprint density at radius 2 is 2.12 bits per heavy atom. The molecule has 0 bridgehead atoms. The SMILES string of the molecule is CSc1noc(-c2ccc(Br)cc2)c1/C=N/O. The van der Waals surface area contributed by atoms with E-state index in [-0.39, 0.29) is 0 Å². The van der Waals surface area contributed by atoms with Crippen molar-refractivity contribution in [3.05, 3.63) is 34.3 Å². The maximum absolute atomic E-state index is 8.66. The lowest BCUT2D eigenvalue weighted by Gasteiger charge is -1.97. The first-order valence-corrected chi connectivity index (χ1v) is 6.75. The van der Waals surface area contributed by atoms with Gasteiger partial charge in [-0.25, -0.2) is 0 Å². The van der Waals surface area contributed by atoms with Gasteiger partial charge >= 0.3 is 0 Å². The smallest absolute Gasteiger partial charge is 0.176 e. The van der Waals surface area contributed by atoms with E-state index in [1.54, 1.807) is 0 Å². The number of rotatable bonds is 3. The summed E-state index contributed by atoms with van der Waals surface area (Å²) in [5.74, 6) is 0.597. The van der Waals surface area contributed by atoms with Crippen LogP contribution < -0.4 is 0 Å². The summed E-state index contributed by atoms with van der Waals surface area (Å²) in [6.45, 7) is 0. The van der Waals surface area contributed by atoms with Gasteiger partial charge in [0.15, 0.2) is 5.76 Å². The molecular weight excluding hydrogens is 304 g/mol. The Balaban J connectivity index is 2.51. The molecule has 0 amide bonds. The largest absolute Gasteiger partial charge is 0.411 e. The lowest BCUT2D eigenvalue weighted by molar-refractivity contribution is 0.321. The second kappa shape index (κ2) is 5.37. The second-order valence-electron chi connectivity index (χ2n) is 3.19. The van der Waals surface area contributed by atoms with Crippen LogP contribution in [0.3, 0.4) is 0 Å². The van der Waals surface area contributed by atoms with Crippen LogP contribution in [-0.2, 0) is 0 Å². The third-order valence-corrected chi connectivity index (χ3v) is 3.39. The minimum Gasteiger partial charge on any atom is -0.411 e. The summed E-state index contributed by atoms with van der Waals surface area (Å²) >= 11 is 4.81. The van der Waals surface area contributed by atoms with E-state index in [1.165, 1.54) is 18.0 Å². The number of benzene rings is 1. The molecule has 88 valence electrons. The summed E-state index contributed by atoms with van der Waals surface area (Å²) in [7, 11) is 0. The molecule has 1 N–H and O–H groups in total. The number of thioether (sulfide) groups is 1. The van der Waals surface area contributed by atoms with Crippen molar-refractivity contribution < 1.29 is 9.73 Å². The van der Waals surface area contributed by atoms with Gasteiger partial charge in [-0.15, -0.1) is 11.8 Å². The van der Waals surface area contributed by atoms with Crippen LogP contribution in [0.4, 0.5) is 0 Å². The number of nitrogens with zero attached hydrogens (tertiary/aromatic N) is 2. The Hall–Kier alpha value is -1.27. The Morgan fingerprint density at radius 3 is 2.71 bits per heavy atom. The van der Waals surface area contributed by atoms with Crippen LogP contribution in [0.25, 0.3) is 11.3 Å². The normalized spacial score (nSPS) is 11.2. The highest BCUT2D eigenvalue weighted by Crippen LogP contribution is 2.30. The van der Waals surface area contributed by atoms with Crippen molar-refractivity contribution in [1.29, 1.82) is 0 Å². The van der Waals surface area contributed by atoms with Gasteiger partial charge in [0, 0.05) is 10.0 Å². The Labute approximate surface area is 111 Å². The van der Waals surface area contributed by atoms with Crippen LogP contribution in [0, 0.1) is 0 Å². The van der Waals surface area contributed by atoms with E-state index in [2.05, 4.69) is 26.2 Å². The van der Waals surface area contributed by atoms with Gasteiger partial charge in [-0.1, -0.05) is 26.2 Å². The monoisotopic (exact) mass is 312 g/mol. The average molecular weight is 313 g/mol. The van der Waals surface area contributed by atoms with Crippen LogP contribution in [0.5, 0.6) is 0 Å². The van der Waals surface area contributed by atoms with Gasteiger partial charge < -0.3 is 9.73 Å². The first-order valence-electron chi connectivity index (χ1n) is 4.73. The minimum absolute atomic E-state index is 0.597. The van der Waals surface area contributed by atoms with Crippen molar-refractivity contribution in [1.82, 2.24) is 5.16 Å². The second-order valence-corrected chi connectivity index (χ2v) is 4.90. The topological polar surface area (TPSA) is 58.6 Å². The highest BCUT2D eigenvalue weighted by Gasteiger charge is 2.15. The summed E-state index contributed by atoms with van der Waals surface area (Å²) in [6.07, 6.45) is 3.22. The molecule has 0 atom stereocenters. The quantitative estimate of drug-likeness (QED) is 0.407. The molecule has 0 saturated heterocycles. The van der Waals surface area contributed by atoms with Gasteiger partial charge in [0.2, 0.25) is 0 Å². The van der Waals surface area contributed by atoms with Crippen molar-refractivity contribution >= 4 is 33.9 Å². The van der Waals surface area contributed by atoms with Gasteiger partial charge in [-0.2, -0.15) is 0 Å². The number of hydrogen-bond acceptors (Lipinski definition) is 5. The fraction of sp³-hybridized carbons (Fsp3) is 0.0909. The summed E-state index contributed by atoms with van der Waals surface area (Å²) < 4.78 is 6.27. The third kappa shape index (κ3) is 2.53. The van der Waals surface area contributed by atoms with E-state index in [0.717, 1.165) is 10.0 Å². The van der Waals surface area contributed by atoms with Crippen molar-refractivity contribution in [2.45, 2.75) is 5.03 Å². The minimum atomic E-state index is 0.597. The van der Waals surface area contributed by atoms with Crippen molar-refractivity contribution in [3.8, 4) is 11.3 Å². The zero-order valence-electron chi connectivity index (χ0n) is 8.92. The molecule has 1 aromatic carbocycles. The van der Waals surface area contributed by atoms with Crippen molar-refractivity contribution in [2.24, 2.45) is 5.16 Å². The molecule has 2 aromatic rings. The number of hydrogen-bond donors (Lipinski definition) is 1. The first kappa shape index (κ1) is 12.2. The summed E-state index contributed by atoms with van der Waals surface area (Å²) in [5, 5.41) is 16.3. The molecule has 0 unspecified atom stereocenters. The summed E-state index contributed by atoms with van der Waals surface area (Å²) in [4.78, 5) is 0. The summed E-state index contributed by atoms with van der Waals surface area (Å²) in [6, 6.07) is 7.64. The lowest BCUT2D eigenvalue weighted by atomic mass is 10.1. The molecular formula is C11H9BrN2O2S.